The second-order valence-corrected chi connectivity index (χ2v) is 6.54. The van der Waals surface area contributed by atoms with Crippen LogP contribution in [0.25, 0.3) is 5.57 Å². The van der Waals surface area contributed by atoms with Crippen LogP contribution in [0.15, 0.2) is 48.3 Å². The Morgan fingerprint density at radius 1 is 1.44 bits per heavy atom. The standard InChI is InChI=1S/C14H16NO2P/c1-4-6-14-11(5-2)12-9-10(15)7-8-13(12)17-18(14,3)16/h4-9H,1,15H2,2-3H3/b11-5-,14-6+. The number of hydrogen-bond donors (Lipinski definition) is 1. The van der Waals surface area contributed by atoms with Gasteiger partial charge in [-0.05, 0) is 36.8 Å². The van der Waals surface area contributed by atoms with Crippen molar-refractivity contribution in [3.05, 3.63) is 53.9 Å². The molecule has 4 heteroatoms. The van der Waals surface area contributed by atoms with Crippen LogP contribution in [0.5, 0.6) is 5.75 Å². The van der Waals surface area contributed by atoms with E-state index in [1.165, 1.54) is 0 Å². The molecule has 2 N–H and O–H groups in total. The summed E-state index contributed by atoms with van der Waals surface area (Å²) in [5.74, 6) is 0.615. The van der Waals surface area contributed by atoms with Crippen molar-refractivity contribution in [3.8, 4) is 5.75 Å². The monoisotopic (exact) mass is 261 g/mol. The molecule has 1 aromatic rings. The van der Waals surface area contributed by atoms with Crippen LogP contribution in [0, 0.1) is 0 Å². The Morgan fingerprint density at radius 2 is 2.17 bits per heavy atom. The zero-order valence-corrected chi connectivity index (χ0v) is 11.4. The van der Waals surface area contributed by atoms with Gasteiger partial charge in [-0.1, -0.05) is 18.7 Å². The Morgan fingerprint density at radius 3 is 2.78 bits per heavy atom. The summed E-state index contributed by atoms with van der Waals surface area (Å²) in [5, 5.41) is 0.679. The maximum atomic E-state index is 12.6. The molecule has 18 heavy (non-hydrogen) atoms. The predicted molar refractivity (Wildman–Crippen MR) is 76.9 cm³/mol. The molecule has 1 atom stereocenters. The highest BCUT2D eigenvalue weighted by Gasteiger charge is 2.33. The lowest BCUT2D eigenvalue weighted by Crippen LogP contribution is -2.07. The Bertz CT molecular complexity index is 614. The SMILES string of the molecule is C=C/C=C1\C(=C/C)c2cc(N)ccc2OP1(C)=O. The minimum atomic E-state index is -2.85. The van der Waals surface area contributed by atoms with Crippen molar-refractivity contribution in [3.63, 3.8) is 0 Å². The van der Waals surface area contributed by atoms with E-state index in [-0.39, 0.29) is 0 Å². The maximum absolute atomic E-state index is 12.6. The fourth-order valence-electron chi connectivity index (χ4n) is 2.07. The van der Waals surface area contributed by atoms with Gasteiger partial charge in [0.05, 0.1) is 5.31 Å². The zero-order valence-electron chi connectivity index (χ0n) is 10.5. The Hall–Kier alpha value is -1.73. The van der Waals surface area contributed by atoms with Gasteiger partial charge in [0, 0.05) is 17.9 Å². The van der Waals surface area contributed by atoms with Gasteiger partial charge in [-0.3, -0.25) is 4.57 Å². The summed E-state index contributed by atoms with van der Waals surface area (Å²) in [7, 11) is -2.85. The van der Waals surface area contributed by atoms with Gasteiger partial charge in [0.25, 0.3) is 7.37 Å². The summed E-state index contributed by atoms with van der Waals surface area (Å²) in [6.45, 7) is 7.18. The molecule has 0 saturated carbocycles. The van der Waals surface area contributed by atoms with E-state index in [1.54, 1.807) is 30.9 Å². The number of rotatable bonds is 1. The number of anilines is 1. The van der Waals surface area contributed by atoms with Gasteiger partial charge >= 0.3 is 0 Å². The second kappa shape index (κ2) is 4.51. The van der Waals surface area contributed by atoms with Crippen molar-refractivity contribution in [2.45, 2.75) is 6.92 Å². The molecule has 0 radical (unpaired) electrons. The lowest BCUT2D eigenvalue weighted by Gasteiger charge is -2.28. The Balaban J connectivity index is 2.73. The van der Waals surface area contributed by atoms with E-state index in [0.29, 0.717) is 16.8 Å². The third-order valence-corrected chi connectivity index (χ3v) is 4.65. The molecule has 3 nitrogen and oxygen atoms in total. The lowest BCUT2D eigenvalue weighted by atomic mass is 10.0. The molecule has 0 bridgehead atoms. The average Bonchev–Trinajstić information content (AvgIpc) is 2.31. The zero-order chi connectivity index (χ0) is 13.3. The van der Waals surface area contributed by atoms with Gasteiger partial charge < -0.3 is 10.3 Å². The van der Waals surface area contributed by atoms with Gasteiger partial charge in [-0.15, -0.1) is 0 Å². The molecule has 1 aromatic carbocycles. The number of nitrogens with two attached hydrogens (primary N) is 1. The summed E-state index contributed by atoms with van der Waals surface area (Å²) in [5.41, 5.74) is 8.22. The average molecular weight is 261 g/mol. The van der Waals surface area contributed by atoms with Crippen molar-refractivity contribution in [2.24, 2.45) is 0 Å². The summed E-state index contributed by atoms with van der Waals surface area (Å²) < 4.78 is 18.2. The highest BCUT2D eigenvalue weighted by Crippen LogP contribution is 2.61. The molecule has 1 unspecified atom stereocenters. The van der Waals surface area contributed by atoms with Crippen molar-refractivity contribution >= 4 is 18.6 Å². The van der Waals surface area contributed by atoms with E-state index in [0.717, 1.165) is 11.1 Å². The summed E-state index contributed by atoms with van der Waals surface area (Å²) >= 11 is 0. The summed E-state index contributed by atoms with van der Waals surface area (Å²) in [4.78, 5) is 0. The van der Waals surface area contributed by atoms with Crippen molar-refractivity contribution in [1.82, 2.24) is 0 Å². The first-order chi connectivity index (χ1) is 8.49. The highest BCUT2D eigenvalue weighted by atomic mass is 31.2. The predicted octanol–water partition coefficient (Wildman–Crippen LogP) is 4.04. The number of allylic oxidation sites excluding steroid dienone is 5. The van der Waals surface area contributed by atoms with Crippen molar-refractivity contribution < 1.29 is 9.09 Å². The summed E-state index contributed by atoms with van der Waals surface area (Å²) in [6.07, 6.45) is 5.28. The smallest absolute Gasteiger partial charge is 0.274 e. The van der Waals surface area contributed by atoms with Crippen LogP contribution in [0.1, 0.15) is 12.5 Å². The van der Waals surface area contributed by atoms with Crippen LogP contribution in [0.3, 0.4) is 0 Å². The minimum Gasteiger partial charge on any atom is -0.439 e. The molecule has 1 aliphatic rings. The van der Waals surface area contributed by atoms with Gasteiger partial charge in [0.1, 0.15) is 5.75 Å². The fourth-order valence-corrected chi connectivity index (χ4v) is 3.77. The fraction of sp³-hybridized carbons (Fsp3) is 0.143. The Labute approximate surface area is 107 Å². The molecule has 0 aliphatic carbocycles. The molecule has 1 aliphatic heterocycles. The van der Waals surface area contributed by atoms with Crippen LogP contribution in [-0.4, -0.2) is 6.66 Å². The van der Waals surface area contributed by atoms with Gasteiger partial charge in [0.2, 0.25) is 0 Å². The first-order valence-corrected chi connectivity index (χ1v) is 7.74. The van der Waals surface area contributed by atoms with Crippen LogP contribution < -0.4 is 10.3 Å². The quantitative estimate of drug-likeness (QED) is 0.613. The van der Waals surface area contributed by atoms with E-state index in [1.807, 2.05) is 19.1 Å². The second-order valence-electron chi connectivity index (χ2n) is 4.18. The lowest BCUT2D eigenvalue weighted by molar-refractivity contribution is 0.492. The molecule has 0 fully saturated rings. The summed E-state index contributed by atoms with van der Waals surface area (Å²) in [6, 6.07) is 5.34. The van der Waals surface area contributed by atoms with E-state index < -0.39 is 7.37 Å². The normalized spacial score (nSPS) is 26.8. The van der Waals surface area contributed by atoms with E-state index >= 15 is 0 Å². The first-order valence-electron chi connectivity index (χ1n) is 5.66. The third kappa shape index (κ3) is 2.02. The topological polar surface area (TPSA) is 52.3 Å². The first kappa shape index (κ1) is 12.7. The van der Waals surface area contributed by atoms with Gasteiger partial charge in [-0.25, -0.2) is 0 Å². The molecule has 94 valence electrons. The largest absolute Gasteiger partial charge is 0.439 e. The van der Waals surface area contributed by atoms with Gasteiger partial charge in [0.15, 0.2) is 0 Å². The van der Waals surface area contributed by atoms with Crippen LogP contribution >= 0.6 is 7.37 Å². The van der Waals surface area contributed by atoms with Gasteiger partial charge in [-0.2, -0.15) is 0 Å². The minimum absolute atomic E-state index is 0.615. The molecule has 0 aromatic heterocycles. The molecule has 0 saturated heterocycles. The van der Waals surface area contributed by atoms with E-state index in [2.05, 4.69) is 6.58 Å². The maximum Gasteiger partial charge on any atom is 0.274 e. The molecular weight excluding hydrogens is 245 g/mol. The molecule has 0 amide bonds. The number of benzene rings is 1. The third-order valence-electron chi connectivity index (χ3n) is 2.84. The molecule has 2 rings (SSSR count). The van der Waals surface area contributed by atoms with Crippen molar-refractivity contribution in [1.29, 1.82) is 0 Å². The number of nitrogen functional groups attached to an aromatic ring is 1. The van der Waals surface area contributed by atoms with Crippen LogP contribution in [-0.2, 0) is 4.57 Å². The van der Waals surface area contributed by atoms with Crippen LogP contribution in [0.2, 0.25) is 0 Å². The highest BCUT2D eigenvalue weighted by molar-refractivity contribution is 7.64. The number of hydrogen-bond acceptors (Lipinski definition) is 3. The molecule has 1 heterocycles. The van der Waals surface area contributed by atoms with Crippen molar-refractivity contribution in [2.75, 3.05) is 12.4 Å². The van der Waals surface area contributed by atoms with E-state index in [9.17, 15) is 4.57 Å². The molecule has 0 spiro atoms. The van der Waals surface area contributed by atoms with E-state index in [4.69, 9.17) is 10.3 Å². The van der Waals surface area contributed by atoms with Crippen LogP contribution in [0.4, 0.5) is 5.69 Å². The molecular formula is C14H16NO2P. The number of fused-ring (bicyclic) bond motifs is 1. The Kier molecular flexibility index (Phi) is 3.18.